The van der Waals surface area contributed by atoms with Gasteiger partial charge in [-0.2, -0.15) is 0 Å². The van der Waals surface area contributed by atoms with Crippen molar-refractivity contribution in [3.63, 3.8) is 0 Å². The largest absolute Gasteiger partial charge is 0.358 e. The van der Waals surface area contributed by atoms with Crippen LogP contribution in [0.4, 0.5) is 10.3 Å². The maximum atomic E-state index is 13.6. The predicted molar refractivity (Wildman–Crippen MR) is 57.8 cm³/mol. The van der Waals surface area contributed by atoms with Crippen LogP contribution in [0, 0.1) is 12.7 Å². The summed E-state index contributed by atoms with van der Waals surface area (Å²) in [6.45, 7) is 1.93. The smallest absolute Gasteiger partial charge is 0.207 e. The highest BCUT2D eigenvalue weighted by atomic mass is 19.1. The van der Waals surface area contributed by atoms with Crippen LogP contribution in [0.2, 0.25) is 0 Å². The Balaban J connectivity index is 2.58. The standard InChI is InChI=1S/C11H12FN3/c1-8-3-4-9(12)10(7-8)15-6-5-14-11(15)13-2/h3-7H,1-2H3,(H,13,14). The highest BCUT2D eigenvalue weighted by Crippen LogP contribution is 2.18. The highest BCUT2D eigenvalue weighted by Gasteiger charge is 2.07. The van der Waals surface area contributed by atoms with Crippen molar-refractivity contribution in [2.24, 2.45) is 0 Å². The molecule has 0 radical (unpaired) electrons. The number of nitrogens with one attached hydrogen (secondary N) is 1. The number of rotatable bonds is 2. The molecule has 78 valence electrons. The molecule has 0 saturated carbocycles. The Labute approximate surface area is 87.6 Å². The van der Waals surface area contributed by atoms with Crippen LogP contribution < -0.4 is 5.32 Å². The summed E-state index contributed by atoms with van der Waals surface area (Å²) in [5.74, 6) is 0.370. The number of halogens is 1. The average Bonchev–Trinajstić information content (AvgIpc) is 2.69. The van der Waals surface area contributed by atoms with E-state index in [2.05, 4.69) is 10.3 Å². The molecule has 0 aliphatic rings. The minimum absolute atomic E-state index is 0.255. The Morgan fingerprint density at radius 2 is 2.20 bits per heavy atom. The zero-order chi connectivity index (χ0) is 10.8. The van der Waals surface area contributed by atoms with E-state index in [1.54, 1.807) is 36.1 Å². The van der Waals surface area contributed by atoms with Crippen LogP contribution in [0.1, 0.15) is 5.56 Å². The van der Waals surface area contributed by atoms with Gasteiger partial charge < -0.3 is 5.32 Å². The Kier molecular flexibility index (Phi) is 2.41. The van der Waals surface area contributed by atoms with Crippen molar-refractivity contribution in [3.05, 3.63) is 42.0 Å². The van der Waals surface area contributed by atoms with Gasteiger partial charge >= 0.3 is 0 Å². The molecule has 2 rings (SSSR count). The number of anilines is 1. The third-order valence-electron chi connectivity index (χ3n) is 2.23. The molecule has 0 bridgehead atoms. The van der Waals surface area contributed by atoms with Gasteiger partial charge in [0.1, 0.15) is 5.82 Å². The second-order valence-electron chi connectivity index (χ2n) is 3.33. The molecule has 0 atom stereocenters. The maximum Gasteiger partial charge on any atom is 0.207 e. The van der Waals surface area contributed by atoms with Crippen LogP contribution in [0.5, 0.6) is 0 Å². The normalized spacial score (nSPS) is 10.3. The fraction of sp³-hybridized carbons (Fsp3) is 0.182. The van der Waals surface area contributed by atoms with Crippen LogP contribution in [0.3, 0.4) is 0 Å². The minimum Gasteiger partial charge on any atom is -0.358 e. The van der Waals surface area contributed by atoms with Crippen LogP contribution >= 0.6 is 0 Å². The third-order valence-corrected chi connectivity index (χ3v) is 2.23. The summed E-state index contributed by atoms with van der Waals surface area (Å²) in [6, 6.07) is 5.00. The van der Waals surface area contributed by atoms with Crippen molar-refractivity contribution in [2.75, 3.05) is 12.4 Å². The average molecular weight is 205 g/mol. The molecule has 0 saturated heterocycles. The molecular formula is C11H12FN3. The summed E-state index contributed by atoms with van der Waals surface area (Å²) < 4.78 is 15.3. The predicted octanol–water partition coefficient (Wildman–Crippen LogP) is 2.36. The fourth-order valence-electron chi connectivity index (χ4n) is 1.49. The molecule has 0 amide bonds. The third kappa shape index (κ3) is 1.70. The van der Waals surface area contributed by atoms with Crippen molar-refractivity contribution in [3.8, 4) is 5.69 Å². The maximum absolute atomic E-state index is 13.6. The van der Waals surface area contributed by atoms with Crippen LogP contribution in [0.15, 0.2) is 30.6 Å². The number of hydrogen-bond acceptors (Lipinski definition) is 2. The molecule has 2 aromatic rings. The lowest BCUT2D eigenvalue weighted by Gasteiger charge is -2.08. The first kappa shape index (κ1) is 9.71. The van der Waals surface area contributed by atoms with Crippen molar-refractivity contribution >= 4 is 5.95 Å². The van der Waals surface area contributed by atoms with E-state index in [-0.39, 0.29) is 5.82 Å². The summed E-state index contributed by atoms with van der Waals surface area (Å²) >= 11 is 0. The van der Waals surface area contributed by atoms with Gasteiger partial charge in [-0.25, -0.2) is 9.37 Å². The number of aryl methyl sites for hydroxylation is 1. The molecule has 4 heteroatoms. The fourth-order valence-corrected chi connectivity index (χ4v) is 1.49. The first-order valence-electron chi connectivity index (χ1n) is 4.70. The summed E-state index contributed by atoms with van der Waals surface area (Å²) in [7, 11) is 1.76. The number of nitrogens with zero attached hydrogens (tertiary/aromatic N) is 2. The van der Waals surface area contributed by atoms with Crippen molar-refractivity contribution < 1.29 is 4.39 Å². The molecule has 15 heavy (non-hydrogen) atoms. The van der Waals surface area contributed by atoms with Gasteiger partial charge in [0, 0.05) is 19.4 Å². The number of benzene rings is 1. The van der Waals surface area contributed by atoms with E-state index in [0.717, 1.165) is 5.56 Å². The van der Waals surface area contributed by atoms with Gasteiger partial charge in [-0.3, -0.25) is 4.57 Å². The minimum atomic E-state index is -0.255. The molecule has 0 fully saturated rings. The van der Waals surface area contributed by atoms with E-state index < -0.39 is 0 Å². The highest BCUT2D eigenvalue weighted by molar-refractivity contribution is 5.44. The van der Waals surface area contributed by atoms with Gasteiger partial charge in [-0.15, -0.1) is 0 Å². The van der Waals surface area contributed by atoms with Gasteiger partial charge in [0.05, 0.1) is 5.69 Å². The Morgan fingerprint density at radius 3 is 2.93 bits per heavy atom. The van der Waals surface area contributed by atoms with Crippen LogP contribution in [0.25, 0.3) is 5.69 Å². The zero-order valence-electron chi connectivity index (χ0n) is 8.66. The van der Waals surface area contributed by atoms with Gasteiger partial charge in [0.15, 0.2) is 0 Å². The van der Waals surface area contributed by atoms with E-state index in [0.29, 0.717) is 11.6 Å². The molecule has 0 spiro atoms. The van der Waals surface area contributed by atoms with E-state index >= 15 is 0 Å². The Bertz CT molecular complexity index is 476. The van der Waals surface area contributed by atoms with E-state index in [9.17, 15) is 4.39 Å². The Hall–Kier alpha value is -1.84. The quantitative estimate of drug-likeness (QED) is 0.815. The lowest BCUT2D eigenvalue weighted by molar-refractivity contribution is 0.618. The van der Waals surface area contributed by atoms with E-state index in [1.807, 2.05) is 6.92 Å². The first-order chi connectivity index (χ1) is 7.22. The van der Waals surface area contributed by atoms with E-state index in [1.165, 1.54) is 6.07 Å². The summed E-state index contributed by atoms with van der Waals surface area (Å²) in [5.41, 5.74) is 1.53. The molecular weight excluding hydrogens is 193 g/mol. The van der Waals surface area contributed by atoms with Gasteiger partial charge in [0.2, 0.25) is 5.95 Å². The number of imidazole rings is 1. The van der Waals surface area contributed by atoms with Gasteiger partial charge in [-0.05, 0) is 24.6 Å². The SMILES string of the molecule is CNc1nccn1-c1cc(C)ccc1F. The molecule has 0 aliphatic carbocycles. The van der Waals surface area contributed by atoms with Gasteiger partial charge in [0.25, 0.3) is 0 Å². The molecule has 1 N–H and O–H groups in total. The molecule has 3 nitrogen and oxygen atoms in total. The molecule has 0 unspecified atom stereocenters. The lowest BCUT2D eigenvalue weighted by atomic mass is 10.2. The molecule has 1 aromatic carbocycles. The molecule has 0 aliphatic heterocycles. The van der Waals surface area contributed by atoms with Crippen molar-refractivity contribution in [2.45, 2.75) is 6.92 Å². The zero-order valence-corrected chi connectivity index (χ0v) is 8.66. The lowest BCUT2D eigenvalue weighted by Crippen LogP contribution is -2.02. The monoisotopic (exact) mass is 205 g/mol. The van der Waals surface area contributed by atoms with Crippen LogP contribution in [-0.2, 0) is 0 Å². The number of hydrogen-bond donors (Lipinski definition) is 1. The van der Waals surface area contributed by atoms with Gasteiger partial charge in [-0.1, -0.05) is 6.07 Å². The topological polar surface area (TPSA) is 29.9 Å². The number of aromatic nitrogens is 2. The molecule has 1 heterocycles. The van der Waals surface area contributed by atoms with E-state index in [4.69, 9.17) is 0 Å². The van der Waals surface area contributed by atoms with Crippen LogP contribution in [-0.4, -0.2) is 16.6 Å². The summed E-state index contributed by atoms with van der Waals surface area (Å²) in [4.78, 5) is 4.07. The first-order valence-corrected chi connectivity index (χ1v) is 4.70. The second-order valence-corrected chi connectivity index (χ2v) is 3.33. The Morgan fingerprint density at radius 1 is 1.40 bits per heavy atom. The molecule has 1 aromatic heterocycles. The summed E-state index contributed by atoms with van der Waals surface area (Å²) in [5, 5.41) is 2.91. The van der Waals surface area contributed by atoms with Crippen molar-refractivity contribution in [1.29, 1.82) is 0 Å². The summed E-state index contributed by atoms with van der Waals surface area (Å²) in [6.07, 6.45) is 3.36. The van der Waals surface area contributed by atoms with Crippen molar-refractivity contribution in [1.82, 2.24) is 9.55 Å². The second kappa shape index (κ2) is 3.73.